The van der Waals surface area contributed by atoms with Gasteiger partial charge in [-0.2, -0.15) is 0 Å². The molecule has 3 heteroatoms. The highest BCUT2D eigenvalue weighted by Gasteiger charge is 2.04. The van der Waals surface area contributed by atoms with Crippen molar-refractivity contribution >= 4 is 5.82 Å². The Labute approximate surface area is 78.9 Å². The predicted molar refractivity (Wildman–Crippen MR) is 53.7 cm³/mol. The minimum Gasteiger partial charge on any atom is -0.495 e. The van der Waals surface area contributed by atoms with Gasteiger partial charge in [0, 0.05) is 0 Å². The van der Waals surface area contributed by atoms with E-state index in [2.05, 4.69) is 18.8 Å². The molecule has 1 aromatic rings. The third-order valence-corrected chi connectivity index (χ3v) is 1.84. The van der Waals surface area contributed by atoms with Crippen molar-refractivity contribution < 1.29 is 4.74 Å². The minimum absolute atomic E-state index is 0.580. The normalized spacial score (nSPS) is 10.5. The zero-order chi connectivity index (χ0) is 9.84. The van der Waals surface area contributed by atoms with Crippen LogP contribution in [0.1, 0.15) is 19.4 Å². The quantitative estimate of drug-likeness (QED) is 0.772. The van der Waals surface area contributed by atoms with Crippen LogP contribution in [-0.2, 0) is 6.42 Å². The summed E-state index contributed by atoms with van der Waals surface area (Å²) in [5.74, 6) is 1.95. The van der Waals surface area contributed by atoms with Gasteiger partial charge in [-0.25, -0.2) is 4.98 Å². The average molecular weight is 180 g/mol. The molecule has 0 aliphatic rings. The van der Waals surface area contributed by atoms with Crippen molar-refractivity contribution in [2.75, 3.05) is 12.8 Å². The summed E-state index contributed by atoms with van der Waals surface area (Å²) >= 11 is 0. The number of nitrogens with zero attached hydrogens (tertiary/aromatic N) is 1. The van der Waals surface area contributed by atoms with Gasteiger partial charge in [0.25, 0.3) is 0 Å². The third-order valence-electron chi connectivity index (χ3n) is 1.84. The summed E-state index contributed by atoms with van der Waals surface area (Å²) in [5, 5.41) is 0. The molecule has 0 saturated carbocycles. The molecule has 0 aliphatic heterocycles. The standard InChI is InChI=1S/C10H16N2O/c1-7(2)4-8-5-9(13-3)6-12-10(8)11/h5-7H,4H2,1-3H3,(H2,11,12). The molecule has 0 atom stereocenters. The number of hydrogen-bond acceptors (Lipinski definition) is 3. The number of ether oxygens (including phenoxy) is 1. The van der Waals surface area contributed by atoms with E-state index in [9.17, 15) is 0 Å². The maximum atomic E-state index is 5.73. The average Bonchev–Trinajstić information content (AvgIpc) is 2.08. The fourth-order valence-electron chi connectivity index (χ4n) is 1.21. The first kappa shape index (κ1) is 9.84. The van der Waals surface area contributed by atoms with Gasteiger partial charge in [-0.15, -0.1) is 0 Å². The molecular weight excluding hydrogens is 164 g/mol. The molecule has 3 nitrogen and oxygen atoms in total. The van der Waals surface area contributed by atoms with Gasteiger partial charge < -0.3 is 10.5 Å². The van der Waals surface area contributed by atoms with Crippen LogP contribution in [0.3, 0.4) is 0 Å². The van der Waals surface area contributed by atoms with Crippen molar-refractivity contribution in [1.29, 1.82) is 0 Å². The van der Waals surface area contributed by atoms with Gasteiger partial charge in [0.05, 0.1) is 13.3 Å². The Bertz CT molecular complexity index is 284. The largest absolute Gasteiger partial charge is 0.495 e. The van der Waals surface area contributed by atoms with Gasteiger partial charge in [0.2, 0.25) is 0 Å². The summed E-state index contributed by atoms with van der Waals surface area (Å²) < 4.78 is 5.07. The van der Waals surface area contributed by atoms with Crippen molar-refractivity contribution in [3.63, 3.8) is 0 Å². The predicted octanol–water partition coefficient (Wildman–Crippen LogP) is 1.87. The number of aromatic nitrogens is 1. The van der Waals surface area contributed by atoms with Gasteiger partial charge in [-0.05, 0) is 24.0 Å². The van der Waals surface area contributed by atoms with Crippen LogP contribution < -0.4 is 10.5 Å². The number of anilines is 1. The molecule has 0 fully saturated rings. The van der Waals surface area contributed by atoms with Crippen LogP contribution >= 0.6 is 0 Å². The fraction of sp³-hybridized carbons (Fsp3) is 0.500. The van der Waals surface area contributed by atoms with Gasteiger partial charge in [0.1, 0.15) is 11.6 Å². The molecule has 0 bridgehead atoms. The molecule has 0 aliphatic carbocycles. The first-order valence-electron chi connectivity index (χ1n) is 4.42. The van der Waals surface area contributed by atoms with Crippen molar-refractivity contribution in [2.45, 2.75) is 20.3 Å². The maximum Gasteiger partial charge on any atom is 0.137 e. The van der Waals surface area contributed by atoms with Crippen LogP contribution in [0.5, 0.6) is 5.75 Å². The monoisotopic (exact) mass is 180 g/mol. The van der Waals surface area contributed by atoms with E-state index in [-0.39, 0.29) is 0 Å². The molecule has 13 heavy (non-hydrogen) atoms. The lowest BCUT2D eigenvalue weighted by atomic mass is 10.0. The zero-order valence-electron chi connectivity index (χ0n) is 8.37. The summed E-state index contributed by atoms with van der Waals surface area (Å²) in [6.07, 6.45) is 2.58. The molecule has 0 spiro atoms. The van der Waals surface area contributed by atoms with Crippen molar-refractivity contribution in [1.82, 2.24) is 4.98 Å². The summed E-state index contributed by atoms with van der Waals surface area (Å²) in [4.78, 5) is 4.06. The summed E-state index contributed by atoms with van der Waals surface area (Å²) in [6, 6.07) is 1.95. The zero-order valence-corrected chi connectivity index (χ0v) is 8.37. The first-order valence-corrected chi connectivity index (χ1v) is 4.42. The van der Waals surface area contributed by atoms with Gasteiger partial charge in [-0.1, -0.05) is 13.8 Å². The molecule has 1 aromatic heterocycles. The van der Waals surface area contributed by atoms with Crippen LogP contribution in [0.2, 0.25) is 0 Å². The van der Waals surface area contributed by atoms with E-state index in [0.717, 1.165) is 17.7 Å². The summed E-state index contributed by atoms with van der Waals surface area (Å²) in [7, 11) is 1.63. The Morgan fingerprint density at radius 1 is 1.54 bits per heavy atom. The number of rotatable bonds is 3. The Morgan fingerprint density at radius 3 is 2.77 bits per heavy atom. The highest BCUT2D eigenvalue weighted by Crippen LogP contribution is 2.19. The third kappa shape index (κ3) is 2.61. The number of methoxy groups -OCH3 is 1. The lowest BCUT2D eigenvalue weighted by Gasteiger charge is -2.08. The second-order valence-electron chi connectivity index (χ2n) is 3.52. The smallest absolute Gasteiger partial charge is 0.137 e. The summed E-state index contributed by atoms with van der Waals surface area (Å²) in [6.45, 7) is 4.30. The van der Waals surface area contributed by atoms with Crippen LogP contribution in [0, 0.1) is 5.92 Å². The topological polar surface area (TPSA) is 48.1 Å². The number of hydrogen-bond donors (Lipinski definition) is 1. The fourth-order valence-corrected chi connectivity index (χ4v) is 1.21. The van der Waals surface area contributed by atoms with Crippen molar-refractivity contribution in [3.05, 3.63) is 17.8 Å². The molecular formula is C10H16N2O. The first-order chi connectivity index (χ1) is 6.13. The van der Waals surface area contributed by atoms with E-state index < -0.39 is 0 Å². The highest BCUT2D eigenvalue weighted by molar-refractivity contribution is 5.43. The SMILES string of the molecule is COc1cnc(N)c(CC(C)C)c1. The molecule has 0 aromatic carbocycles. The highest BCUT2D eigenvalue weighted by atomic mass is 16.5. The molecule has 0 unspecified atom stereocenters. The molecule has 72 valence electrons. The van der Waals surface area contributed by atoms with E-state index in [0.29, 0.717) is 11.7 Å². The molecule has 1 rings (SSSR count). The van der Waals surface area contributed by atoms with E-state index in [1.165, 1.54) is 0 Å². The number of nitrogens with two attached hydrogens (primary N) is 1. The number of nitrogen functional groups attached to an aromatic ring is 1. The van der Waals surface area contributed by atoms with Crippen LogP contribution in [0.4, 0.5) is 5.82 Å². The van der Waals surface area contributed by atoms with Crippen molar-refractivity contribution in [2.24, 2.45) is 5.92 Å². The molecule has 0 saturated heterocycles. The number of pyridine rings is 1. The maximum absolute atomic E-state index is 5.73. The lowest BCUT2D eigenvalue weighted by molar-refractivity contribution is 0.412. The molecule has 0 radical (unpaired) electrons. The Morgan fingerprint density at radius 2 is 2.23 bits per heavy atom. The van der Waals surface area contributed by atoms with Crippen LogP contribution in [-0.4, -0.2) is 12.1 Å². The van der Waals surface area contributed by atoms with Crippen molar-refractivity contribution in [3.8, 4) is 5.75 Å². The second-order valence-corrected chi connectivity index (χ2v) is 3.52. The van der Waals surface area contributed by atoms with E-state index in [4.69, 9.17) is 10.5 Å². The second kappa shape index (κ2) is 4.12. The Balaban J connectivity index is 2.90. The van der Waals surface area contributed by atoms with Crippen LogP contribution in [0.25, 0.3) is 0 Å². The Hall–Kier alpha value is -1.25. The van der Waals surface area contributed by atoms with E-state index in [1.54, 1.807) is 13.3 Å². The Kier molecular flexibility index (Phi) is 3.12. The lowest BCUT2D eigenvalue weighted by Crippen LogP contribution is -2.02. The van der Waals surface area contributed by atoms with Gasteiger partial charge in [-0.3, -0.25) is 0 Å². The summed E-state index contributed by atoms with van der Waals surface area (Å²) in [5.41, 5.74) is 6.79. The van der Waals surface area contributed by atoms with E-state index in [1.807, 2.05) is 6.07 Å². The molecule has 2 N–H and O–H groups in total. The van der Waals surface area contributed by atoms with Crippen LogP contribution in [0.15, 0.2) is 12.3 Å². The minimum atomic E-state index is 0.580. The molecule has 0 amide bonds. The van der Waals surface area contributed by atoms with E-state index >= 15 is 0 Å². The van der Waals surface area contributed by atoms with Gasteiger partial charge in [0.15, 0.2) is 0 Å². The molecule has 1 heterocycles. The van der Waals surface area contributed by atoms with Gasteiger partial charge >= 0.3 is 0 Å².